The highest BCUT2D eigenvalue weighted by molar-refractivity contribution is 14.0. The second-order valence-corrected chi connectivity index (χ2v) is 5.74. The summed E-state index contributed by atoms with van der Waals surface area (Å²) < 4.78 is 10.5. The van der Waals surface area contributed by atoms with Gasteiger partial charge in [0.25, 0.3) is 0 Å². The molecule has 6 nitrogen and oxygen atoms in total. The summed E-state index contributed by atoms with van der Waals surface area (Å²) in [5.74, 6) is 0.612. The fraction of sp³-hybridized carbons (Fsp3) is 0.579. The molecule has 1 unspecified atom stereocenters. The highest BCUT2D eigenvalue weighted by atomic mass is 127. The number of halogens is 1. The van der Waals surface area contributed by atoms with Gasteiger partial charge in [-0.3, -0.25) is 9.79 Å². The van der Waals surface area contributed by atoms with E-state index in [0.29, 0.717) is 13.0 Å². The molecule has 0 spiro atoms. The number of ether oxygens (including phenoxy) is 2. The first-order chi connectivity index (χ1) is 12.2. The Hall–Kier alpha value is -1.35. The molecule has 0 bridgehead atoms. The van der Waals surface area contributed by atoms with Gasteiger partial charge in [-0.05, 0) is 31.7 Å². The van der Waals surface area contributed by atoms with Crippen molar-refractivity contribution >= 4 is 35.9 Å². The zero-order valence-corrected chi connectivity index (χ0v) is 18.3. The molecule has 0 saturated carbocycles. The van der Waals surface area contributed by atoms with Gasteiger partial charge >= 0.3 is 5.97 Å². The molecular formula is C19H32IN3O3. The van der Waals surface area contributed by atoms with Gasteiger partial charge in [0.15, 0.2) is 5.96 Å². The van der Waals surface area contributed by atoms with Crippen LogP contribution in [0, 0.1) is 0 Å². The number of benzene rings is 1. The largest absolute Gasteiger partial charge is 0.469 e. The summed E-state index contributed by atoms with van der Waals surface area (Å²) in [4.78, 5) is 15.2. The number of carbonyl (C=O) groups excluding carboxylic acids is 1. The number of hydrogen-bond donors (Lipinski definition) is 2. The number of hydrogen-bond acceptors (Lipinski definition) is 4. The monoisotopic (exact) mass is 477 g/mol. The normalized spacial score (nSPS) is 12.0. The third kappa shape index (κ3) is 11.3. The van der Waals surface area contributed by atoms with E-state index in [0.717, 1.165) is 38.3 Å². The molecule has 0 amide bonds. The van der Waals surface area contributed by atoms with Crippen LogP contribution in [0.25, 0.3) is 0 Å². The third-order valence-corrected chi connectivity index (χ3v) is 3.80. The summed E-state index contributed by atoms with van der Waals surface area (Å²) in [5.41, 5.74) is 1.19. The molecule has 7 heteroatoms. The van der Waals surface area contributed by atoms with E-state index in [4.69, 9.17) is 4.74 Å². The molecule has 0 aliphatic heterocycles. The molecule has 2 N–H and O–H groups in total. The molecule has 1 rings (SSSR count). The minimum Gasteiger partial charge on any atom is -0.469 e. The third-order valence-electron chi connectivity index (χ3n) is 3.80. The number of esters is 1. The summed E-state index contributed by atoms with van der Waals surface area (Å²) in [7, 11) is 3.16. The zero-order valence-electron chi connectivity index (χ0n) is 16.0. The van der Waals surface area contributed by atoms with Crippen molar-refractivity contribution in [1.29, 1.82) is 0 Å². The Bertz CT molecular complexity index is 512. The zero-order chi connectivity index (χ0) is 18.3. The molecule has 0 fully saturated rings. The molecule has 0 heterocycles. The van der Waals surface area contributed by atoms with Crippen LogP contribution in [0.2, 0.25) is 0 Å². The Labute approximate surface area is 174 Å². The van der Waals surface area contributed by atoms with Gasteiger partial charge in [0.05, 0.1) is 13.2 Å². The number of rotatable bonds is 11. The maximum Gasteiger partial charge on any atom is 0.305 e. The topological polar surface area (TPSA) is 72.0 Å². The van der Waals surface area contributed by atoms with E-state index in [1.165, 1.54) is 12.7 Å². The van der Waals surface area contributed by atoms with E-state index in [1.807, 2.05) is 18.2 Å². The van der Waals surface area contributed by atoms with Crippen molar-refractivity contribution in [2.45, 2.75) is 38.7 Å². The van der Waals surface area contributed by atoms with Crippen LogP contribution in [0.15, 0.2) is 35.3 Å². The van der Waals surface area contributed by atoms with Crippen LogP contribution in [0.3, 0.4) is 0 Å². The van der Waals surface area contributed by atoms with Crippen molar-refractivity contribution in [3.05, 3.63) is 35.9 Å². The van der Waals surface area contributed by atoms with Gasteiger partial charge in [0.2, 0.25) is 0 Å². The van der Waals surface area contributed by atoms with Crippen LogP contribution in [0.5, 0.6) is 0 Å². The van der Waals surface area contributed by atoms with E-state index >= 15 is 0 Å². The number of nitrogens with zero attached hydrogens (tertiary/aromatic N) is 1. The van der Waals surface area contributed by atoms with Gasteiger partial charge in [0, 0.05) is 33.2 Å². The van der Waals surface area contributed by atoms with Crippen LogP contribution in [-0.2, 0) is 14.3 Å². The molecule has 0 radical (unpaired) electrons. The second-order valence-electron chi connectivity index (χ2n) is 5.74. The summed E-state index contributed by atoms with van der Waals surface area (Å²) in [6, 6.07) is 10.2. The smallest absolute Gasteiger partial charge is 0.305 e. The summed E-state index contributed by atoms with van der Waals surface area (Å²) in [6.45, 7) is 4.33. The van der Waals surface area contributed by atoms with Crippen LogP contribution in [0.1, 0.15) is 44.3 Å². The molecule has 1 aromatic rings. The molecule has 1 aromatic carbocycles. The van der Waals surface area contributed by atoms with Gasteiger partial charge in [-0.1, -0.05) is 30.3 Å². The lowest BCUT2D eigenvalue weighted by Crippen LogP contribution is -2.38. The maximum atomic E-state index is 11.0. The number of unbranched alkanes of at least 4 members (excludes halogenated alkanes) is 1. The second kappa shape index (κ2) is 15.9. The summed E-state index contributed by atoms with van der Waals surface area (Å²) in [5, 5.41) is 6.49. The summed E-state index contributed by atoms with van der Waals surface area (Å²) in [6.07, 6.45) is 3.17. The quantitative estimate of drug-likeness (QED) is 0.168. The van der Waals surface area contributed by atoms with Crippen LogP contribution < -0.4 is 10.6 Å². The average molecular weight is 477 g/mol. The number of guanidine groups is 1. The Morgan fingerprint density at radius 1 is 1.12 bits per heavy atom. The van der Waals surface area contributed by atoms with Gasteiger partial charge in [-0.2, -0.15) is 0 Å². The highest BCUT2D eigenvalue weighted by Gasteiger charge is 2.04. The molecule has 0 aliphatic carbocycles. The Morgan fingerprint density at radius 2 is 1.77 bits per heavy atom. The van der Waals surface area contributed by atoms with E-state index in [-0.39, 0.29) is 36.0 Å². The summed E-state index contributed by atoms with van der Waals surface area (Å²) >= 11 is 0. The number of nitrogens with one attached hydrogen (secondary N) is 2. The fourth-order valence-electron chi connectivity index (χ4n) is 2.28. The van der Waals surface area contributed by atoms with Crippen LogP contribution in [-0.4, -0.2) is 45.8 Å². The molecule has 26 heavy (non-hydrogen) atoms. The lowest BCUT2D eigenvalue weighted by Gasteiger charge is -2.14. The van der Waals surface area contributed by atoms with Crippen molar-refractivity contribution in [1.82, 2.24) is 10.6 Å². The highest BCUT2D eigenvalue weighted by Crippen LogP contribution is 2.15. The molecular weight excluding hydrogens is 445 g/mol. The predicted molar refractivity (Wildman–Crippen MR) is 116 cm³/mol. The first-order valence-electron chi connectivity index (χ1n) is 8.85. The molecule has 0 saturated heterocycles. The average Bonchev–Trinajstić information content (AvgIpc) is 2.66. The van der Waals surface area contributed by atoms with E-state index in [2.05, 4.69) is 39.4 Å². The molecule has 0 aliphatic rings. The molecule has 148 valence electrons. The lowest BCUT2D eigenvalue weighted by molar-refractivity contribution is -0.140. The van der Waals surface area contributed by atoms with E-state index in [9.17, 15) is 4.79 Å². The van der Waals surface area contributed by atoms with Crippen molar-refractivity contribution in [3.8, 4) is 0 Å². The van der Waals surface area contributed by atoms with Gasteiger partial charge < -0.3 is 20.1 Å². The molecule has 1 atom stereocenters. The van der Waals surface area contributed by atoms with Crippen molar-refractivity contribution in [3.63, 3.8) is 0 Å². The van der Waals surface area contributed by atoms with Gasteiger partial charge in [-0.25, -0.2) is 0 Å². The van der Waals surface area contributed by atoms with Gasteiger partial charge in [-0.15, -0.1) is 24.0 Å². The number of carbonyl (C=O) groups is 1. The Kier molecular flexibility index (Phi) is 15.0. The van der Waals surface area contributed by atoms with Crippen LogP contribution >= 0.6 is 24.0 Å². The SMILES string of the molecule is CN=C(NCCCCC(=O)OC)NCCCOC(C)c1ccccc1.I. The fourth-order valence-corrected chi connectivity index (χ4v) is 2.28. The molecule has 0 aromatic heterocycles. The Balaban J connectivity index is 0.00000625. The standard InChI is InChI=1S/C19H31N3O3.HI/c1-16(17-10-5-4-6-11-17)25-15-9-14-22-19(20-2)21-13-8-7-12-18(23)24-3;/h4-6,10-11,16H,7-9,12-15H2,1-3H3,(H2,20,21,22);1H. The van der Waals surface area contributed by atoms with Crippen molar-refractivity contribution < 1.29 is 14.3 Å². The van der Waals surface area contributed by atoms with E-state index < -0.39 is 0 Å². The number of methoxy groups -OCH3 is 1. The van der Waals surface area contributed by atoms with Crippen molar-refractivity contribution in [2.75, 3.05) is 33.9 Å². The van der Waals surface area contributed by atoms with Gasteiger partial charge in [0.1, 0.15) is 0 Å². The first-order valence-corrected chi connectivity index (χ1v) is 8.85. The maximum absolute atomic E-state index is 11.0. The minimum absolute atomic E-state index is 0. The lowest BCUT2D eigenvalue weighted by atomic mass is 10.1. The number of aliphatic imine (C=N–C) groups is 1. The Morgan fingerprint density at radius 3 is 2.38 bits per heavy atom. The minimum atomic E-state index is -0.160. The van der Waals surface area contributed by atoms with E-state index in [1.54, 1.807) is 7.05 Å². The predicted octanol–water partition coefficient (Wildman–Crippen LogP) is 3.28. The van der Waals surface area contributed by atoms with Crippen LogP contribution in [0.4, 0.5) is 0 Å². The van der Waals surface area contributed by atoms with Crippen molar-refractivity contribution in [2.24, 2.45) is 4.99 Å². The first kappa shape index (κ1) is 24.7.